The van der Waals surface area contributed by atoms with Gasteiger partial charge in [0.1, 0.15) is 0 Å². The maximum Gasteiger partial charge on any atom is 0.234 e. The third-order valence-electron chi connectivity index (χ3n) is 4.97. The molecule has 2 aliphatic rings. The van der Waals surface area contributed by atoms with E-state index in [1.807, 2.05) is 25.1 Å². The topological polar surface area (TPSA) is 63.4 Å². The Kier molecular flexibility index (Phi) is 3.57. The molecule has 1 aliphatic carbocycles. The third kappa shape index (κ3) is 2.48. The number of benzene rings is 1. The molecule has 2 N–H and O–H groups in total. The number of imide groups is 1. The summed E-state index contributed by atoms with van der Waals surface area (Å²) in [6, 6.07) is 5.74. The molecule has 112 valence electrons. The van der Waals surface area contributed by atoms with E-state index in [0.29, 0.717) is 25.1 Å². The minimum Gasteiger partial charge on any atom is -0.326 e. The number of nitrogens with zero attached hydrogens (tertiary/aromatic N) is 1. The Labute approximate surface area is 125 Å². The summed E-state index contributed by atoms with van der Waals surface area (Å²) in [7, 11) is 0. The van der Waals surface area contributed by atoms with Gasteiger partial charge in [0.2, 0.25) is 11.8 Å². The van der Waals surface area contributed by atoms with Gasteiger partial charge in [-0.2, -0.15) is 0 Å². The Morgan fingerprint density at radius 3 is 2.33 bits per heavy atom. The molecule has 0 aromatic heterocycles. The minimum absolute atomic E-state index is 0.0505. The summed E-state index contributed by atoms with van der Waals surface area (Å²) in [5, 5.41) is 0. The Morgan fingerprint density at radius 1 is 1.14 bits per heavy atom. The van der Waals surface area contributed by atoms with Gasteiger partial charge in [0.05, 0.1) is 5.69 Å². The molecule has 1 heterocycles. The van der Waals surface area contributed by atoms with Crippen LogP contribution in [0.15, 0.2) is 18.2 Å². The Bertz CT molecular complexity index is 568. The molecule has 1 aromatic carbocycles. The first kappa shape index (κ1) is 14.3. The van der Waals surface area contributed by atoms with Crippen LogP contribution in [0.3, 0.4) is 0 Å². The van der Waals surface area contributed by atoms with E-state index >= 15 is 0 Å². The zero-order valence-corrected chi connectivity index (χ0v) is 12.5. The summed E-state index contributed by atoms with van der Waals surface area (Å²) in [5.74, 6) is -0.101. The van der Waals surface area contributed by atoms with E-state index < -0.39 is 0 Å². The van der Waals surface area contributed by atoms with Gasteiger partial charge in [-0.1, -0.05) is 25.0 Å². The zero-order chi connectivity index (χ0) is 15.0. The predicted molar refractivity (Wildman–Crippen MR) is 81.7 cm³/mol. The molecule has 0 atom stereocenters. The van der Waals surface area contributed by atoms with Crippen molar-refractivity contribution in [1.29, 1.82) is 0 Å². The molecular weight excluding hydrogens is 264 g/mol. The van der Waals surface area contributed by atoms with Gasteiger partial charge in [-0.15, -0.1) is 0 Å². The summed E-state index contributed by atoms with van der Waals surface area (Å²) < 4.78 is 0. The number of carbonyl (C=O) groups excluding carboxylic acids is 2. The molecule has 2 amide bonds. The summed E-state index contributed by atoms with van der Waals surface area (Å²) in [6.45, 7) is 2.34. The Morgan fingerprint density at radius 2 is 1.76 bits per heavy atom. The van der Waals surface area contributed by atoms with Crippen LogP contribution < -0.4 is 10.6 Å². The van der Waals surface area contributed by atoms with E-state index in [2.05, 4.69) is 0 Å². The van der Waals surface area contributed by atoms with Crippen molar-refractivity contribution in [3.8, 4) is 0 Å². The van der Waals surface area contributed by atoms with E-state index in [1.54, 1.807) is 0 Å². The van der Waals surface area contributed by atoms with Crippen LogP contribution in [-0.2, 0) is 16.1 Å². The molecule has 4 heteroatoms. The van der Waals surface area contributed by atoms with Gasteiger partial charge in [0.15, 0.2) is 0 Å². The lowest BCUT2D eigenvalue weighted by atomic mass is 9.76. The van der Waals surface area contributed by atoms with Gasteiger partial charge in [-0.05, 0) is 42.4 Å². The number of carbonyl (C=O) groups is 2. The average molecular weight is 286 g/mol. The molecule has 2 fully saturated rings. The van der Waals surface area contributed by atoms with Gasteiger partial charge < -0.3 is 5.73 Å². The van der Waals surface area contributed by atoms with Gasteiger partial charge in [-0.25, -0.2) is 0 Å². The van der Waals surface area contributed by atoms with Crippen LogP contribution in [0.2, 0.25) is 0 Å². The average Bonchev–Trinajstić information content (AvgIpc) is 2.87. The van der Waals surface area contributed by atoms with Crippen LogP contribution in [0.25, 0.3) is 0 Å². The standard InChI is InChI=1S/C17H22N2O2/c1-12-4-5-13(11-18)8-14(12)19-15(20)9-17(10-16(19)21)6-2-3-7-17/h4-5,8H,2-3,6-7,9-11,18H2,1H3. The number of piperidine rings is 1. The highest BCUT2D eigenvalue weighted by atomic mass is 16.2. The maximum atomic E-state index is 12.6. The fraction of sp³-hybridized carbons (Fsp3) is 0.529. The van der Waals surface area contributed by atoms with Gasteiger partial charge in [-0.3, -0.25) is 14.5 Å². The normalized spacial score (nSPS) is 21.3. The SMILES string of the molecule is Cc1ccc(CN)cc1N1C(=O)CC2(CCCC2)CC1=O. The molecule has 3 rings (SSSR count). The van der Waals surface area contributed by atoms with Crippen molar-refractivity contribution in [2.45, 2.75) is 52.0 Å². The van der Waals surface area contributed by atoms with Gasteiger partial charge in [0.25, 0.3) is 0 Å². The van der Waals surface area contributed by atoms with Crippen molar-refractivity contribution >= 4 is 17.5 Å². The lowest BCUT2D eigenvalue weighted by molar-refractivity contribution is -0.133. The second-order valence-electron chi connectivity index (χ2n) is 6.51. The maximum absolute atomic E-state index is 12.6. The number of rotatable bonds is 2. The molecule has 4 nitrogen and oxygen atoms in total. The highest BCUT2D eigenvalue weighted by Gasteiger charge is 2.45. The number of amides is 2. The first-order valence-corrected chi connectivity index (χ1v) is 7.70. The van der Waals surface area contributed by atoms with Crippen LogP contribution >= 0.6 is 0 Å². The quantitative estimate of drug-likeness (QED) is 0.850. The smallest absolute Gasteiger partial charge is 0.234 e. The number of aryl methyl sites for hydroxylation is 1. The van der Waals surface area contributed by atoms with E-state index in [0.717, 1.165) is 36.8 Å². The van der Waals surface area contributed by atoms with Crippen LogP contribution in [0, 0.1) is 12.3 Å². The van der Waals surface area contributed by atoms with Crippen LogP contribution in [0.4, 0.5) is 5.69 Å². The molecule has 0 unspecified atom stereocenters. The molecule has 0 bridgehead atoms. The minimum atomic E-state index is -0.0515. The molecule has 1 aliphatic heterocycles. The van der Waals surface area contributed by atoms with Gasteiger partial charge in [0, 0.05) is 19.4 Å². The summed E-state index contributed by atoms with van der Waals surface area (Å²) in [4.78, 5) is 26.6. The van der Waals surface area contributed by atoms with E-state index in [9.17, 15) is 9.59 Å². The molecule has 0 radical (unpaired) electrons. The summed E-state index contributed by atoms with van der Waals surface area (Å²) >= 11 is 0. The second-order valence-corrected chi connectivity index (χ2v) is 6.51. The van der Waals surface area contributed by atoms with Crippen LogP contribution in [-0.4, -0.2) is 11.8 Å². The van der Waals surface area contributed by atoms with Gasteiger partial charge >= 0.3 is 0 Å². The van der Waals surface area contributed by atoms with Crippen LogP contribution in [0.5, 0.6) is 0 Å². The first-order valence-electron chi connectivity index (χ1n) is 7.70. The molecule has 1 saturated heterocycles. The van der Waals surface area contributed by atoms with E-state index in [1.165, 1.54) is 4.90 Å². The molecule has 1 aromatic rings. The van der Waals surface area contributed by atoms with Crippen LogP contribution in [0.1, 0.15) is 49.7 Å². The molecule has 1 saturated carbocycles. The van der Waals surface area contributed by atoms with Crippen molar-refractivity contribution in [2.75, 3.05) is 4.90 Å². The lowest BCUT2D eigenvalue weighted by Crippen LogP contribution is -2.47. The predicted octanol–water partition coefficient (Wildman–Crippen LogP) is 2.67. The largest absolute Gasteiger partial charge is 0.326 e. The fourth-order valence-corrected chi connectivity index (χ4v) is 3.77. The fourth-order valence-electron chi connectivity index (χ4n) is 3.77. The number of hydrogen-bond acceptors (Lipinski definition) is 3. The van der Waals surface area contributed by atoms with Crippen molar-refractivity contribution in [3.63, 3.8) is 0 Å². The molecular formula is C17H22N2O2. The van der Waals surface area contributed by atoms with Crippen molar-refractivity contribution in [1.82, 2.24) is 0 Å². The zero-order valence-electron chi connectivity index (χ0n) is 12.5. The third-order valence-corrected chi connectivity index (χ3v) is 4.97. The number of anilines is 1. The Hall–Kier alpha value is -1.68. The van der Waals surface area contributed by atoms with E-state index in [4.69, 9.17) is 5.73 Å². The highest BCUT2D eigenvalue weighted by Crippen LogP contribution is 2.47. The highest BCUT2D eigenvalue weighted by molar-refractivity contribution is 6.17. The monoisotopic (exact) mass is 286 g/mol. The molecule has 21 heavy (non-hydrogen) atoms. The molecule has 1 spiro atoms. The number of nitrogens with two attached hydrogens (primary N) is 1. The number of hydrogen-bond donors (Lipinski definition) is 1. The first-order chi connectivity index (χ1) is 10.0. The Balaban J connectivity index is 1.93. The van der Waals surface area contributed by atoms with E-state index in [-0.39, 0.29) is 17.2 Å². The van der Waals surface area contributed by atoms with Crippen molar-refractivity contribution in [2.24, 2.45) is 11.1 Å². The summed E-state index contributed by atoms with van der Waals surface area (Å²) in [6.07, 6.45) is 5.32. The summed E-state index contributed by atoms with van der Waals surface area (Å²) in [5.41, 5.74) is 8.21. The second kappa shape index (κ2) is 5.26. The van der Waals surface area contributed by atoms with Crippen molar-refractivity contribution < 1.29 is 9.59 Å². The van der Waals surface area contributed by atoms with Crippen molar-refractivity contribution in [3.05, 3.63) is 29.3 Å². The lowest BCUT2D eigenvalue weighted by Gasteiger charge is -2.37.